The lowest BCUT2D eigenvalue weighted by Crippen LogP contribution is -2.39. The average Bonchev–Trinajstić information content (AvgIpc) is 2.48. The summed E-state index contributed by atoms with van der Waals surface area (Å²) in [6.45, 7) is 4.58. The number of rotatable bonds is 6. The normalized spacial score (nSPS) is 18.4. The molecule has 0 bridgehead atoms. The standard InChI is InChI=1S/C15H25N3O2S/c1-3-17-14-9-10-16-11-15(14)21(19,20)18-12(2)13-7-5-4-6-8-13/h9-13,18H,3-8H2,1-2H3,(H,16,17). The Morgan fingerprint density at radius 1 is 1.33 bits per heavy atom. The van der Waals surface area contributed by atoms with E-state index >= 15 is 0 Å². The van der Waals surface area contributed by atoms with E-state index in [1.807, 2.05) is 13.8 Å². The quantitative estimate of drug-likeness (QED) is 0.847. The summed E-state index contributed by atoms with van der Waals surface area (Å²) in [6, 6.07) is 1.66. The molecular weight excluding hydrogens is 286 g/mol. The van der Waals surface area contributed by atoms with Crippen LogP contribution < -0.4 is 10.0 Å². The summed E-state index contributed by atoms with van der Waals surface area (Å²) in [5.74, 6) is 0.438. The first-order valence-corrected chi connectivity index (χ1v) is 9.23. The summed E-state index contributed by atoms with van der Waals surface area (Å²) in [6.07, 6.45) is 8.89. The first-order chi connectivity index (χ1) is 10.0. The van der Waals surface area contributed by atoms with Crippen molar-refractivity contribution in [3.8, 4) is 0 Å². The fourth-order valence-corrected chi connectivity index (χ4v) is 4.41. The third-order valence-electron chi connectivity index (χ3n) is 4.14. The van der Waals surface area contributed by atoms with E-state index in [1.54, 1.807) is 12.3 Å². The van der Waals surface area contributed by atoms with Crippen LogP contribution in [0.1, 0.15) is 46.0 Å². The molecule has 1 saturated carbocycles. The van der Waals surface area contributed by atoms with Crippen molar-refractivity contribution in [3.05, 3.63) is 18.5 Å². The van der Waals surface area contributed by atoms with Crippen molar-refractivity contribution in [2.45, 2.75) is 56.9 Å². The van der Waals surface area contributed by atoms with Gasteiger partial charge in [0.15, 0.2) is 0 Å². The highest BCUT2D eigenvalue weighted by Gasteiger charge is 2.26. The molecule has 0 aromatic carbocycles. The topological polar surface area (TPSA) is 71.1 Å². The fourth-order valence-electron chi connectivity index (χ4n) is 2.97. The van der Waals surface area contributed by atoms with Crippen LogP contribution in [0.4, 0.5) is 5.69 Å². The second kappa shape index (κ2) is 7.22. The number of hydrogen-bond donors (Lipinski definition) is 2. The maximum Gasteiger partial charge on any atom is 0.244 e. The third-order valence-corrected chi connectivity index (χ3v) is 5.73. The number of aromatic nitrogens is 1. The molecule has 1 atom stereocenters. The first-order valence-electron chi connectivity index (χ1n) is 7.75. The Morgan fingerprint density at radius 2 is 2.05 bits per heavy atom. The van der Waals surface area contributed by atoms with Crippen LogP contribution in [0.2, 0.25) is 0 Å². The molecular formula is C15H25N3O2S. The molecule has 1 aromatic heterocycles. The summed E-state index contributed by atoms with van der Waals surface area (Å²) in [5.41, 5.74) is 0.607. The Kier molecular flexibility index (Phi) is 5.58. The van der Waals surface area contributed by atoms with Gasteiger partial charge in [-0.3, -0.25) is 4.98 Å². The molecule has 1 heterocycles. The van der Waals surface area contributed by atoms with Crippen LogP contribution >= 0.6 is 0 Å². The van der Waals surface area contributed by atoms with Crippen LogP contribution in [0.25, 0.3) is 0 Å². The highest BCUT2D eigenvalue weighted by Crippen LogP contribution is 2.28. The van der Waals surface area contributed by atoms with E-state index in [0.717, 1.165) is 12.8 Å². The zero-order valence-corrected chi connectivity index (χ0v) is 13.6. The van der Waals surface area contributed by atoms with Crippen molar-refractivity contribution in [2.24, 2.45) is 5.92 Å². The van der Waals surface area contributed by atoms with E-state index in [-0.39, 0.29) is 10.9 Å². The van der Waals surface area contributed by atoms with Crippen molar-refractivity contribution >= 4 is 15.7 Å². The summed E-state index contributed by atoms with van der Waals surface area (Å²) in [4.78, 5) is 4.19. The lowest BCUT2D eigenvalue weighted by Gasteiger charge is -2.28. The van der Waals surface area contributed by atoms with Crippen LogP contribution in [-0.2, 0) is 10.0 Å². The Morgan fingerprint density at radius 3 is 2.71 bits per heavy atom. The van der Waals surface area contributed by atoms with E-state index < -0.39 is 10.0 Å². The first kappa shape index (κ1) is 16.2. The van der Waals surface area contributed by atoms with Crippen molar-refractivity contribution in [3.63, 3.8) is 0 Å². The molecule has 5 nitrogen and oxygen atoms in total. The molecule has 0 saturated heterocycles. The molecule has 118 valence electrons. The van der Waals surface area contributed by atoms with Gasteiger partial charge in [0.25, 0.3) is 0 Å². The van der Waals surface area contributed by atoms with Crippen LogP contribution in [-0.4, -0.2) is 26.0 Å². The van der Waals surface area contributed by atoms with Gasteiger partial charge in [-0.15, -0.1) is 0 Å². The van der Waals surface area contributed by atoms with E-state index in [2.05, 4.69) is 15.0 Å². The summed E-state index contributed by atoms with van der Waals surface area (Å²) < 4.78 is 28.0. The Balaban J connectivity index is 2.14. The van der Waals surface area contributed by atoms with Crippen LogP contribution in [0.15, 0.2) is 23.4 Å². The van der Waals surface area contributed by atoms with Crippen molar-refractivity contribution in [1.29, 1.82) is 0 Å². The number of anilines is 1. The summed E-state index contributed by atoms with van der Waals surface area (Å²) in [5, 5.41) is 3.08. The Labute approximate surface area is 127 Å². The minimum Gasteiger partial charge on any atom is -0.384 e. The molecule has 6 heteroatoms. The molecule has 1 unspecified atom stereocenters. The lowest BCUT2D eigenvalue weighted by molar-refractivity contribution is 0.303. The van der Waals surface area contributed by atoms with Gasteiger partial charge in [0.2, 0.25) is 10.0 Å². The minimum atomic E-state index is -3.54. The largest absolute Gasteiger partial charge is 0.384 e. The molecule has 1 aliphatic carbocycles. The molecule has 1 aliphatic rings. The van der Waals surface area contributed by atoms with Gasteiger partial charge in [0, 0.05) is 25.0 Å². The molecule has 1 aromatic rings. The number of hydrogen-bond acceptors (Lipinski definition) is 4. The predicted molar refractivity (Wildman–Crippen MR) is 84.8 cm³/mol. The molecule has 0 aliphatic heterocycles. The van der Waals surface area contributed by atoms with Gasteiger partial charge in [-0.2, -0.15) is 0 Å². The van der Waals surface area contributed by atoms with Gasteiger partial charge in [-0.1, -0.05) is 19.3 Å². The fraction of sp³-hybridized carbons (Fsp3) is 0.667. The van der Waals surface area contributed by atoms with E-state index in [1.165, 1.54) is 25.5 Å². The highest BCUT2D eigenvalue weighted by molar-refractivity contribution is 7.89. The van der Waals surface area contributed by atoms with Crippen LogP contribution in [0.3, 0.4) is 0 Å². The second-order valence-corrected chi connectivity index (χ2v) is 7.39. The van der Waals surface area contributed by atoms with Gasteiger partial charge in [-0.05, 0) is 38.7 Å². The summed E-state index contributed by atoms with van der Waals surface area (Å²) in [7, 11) is -3.54. The summed E-state index contributed by atoms with van der Waals surface area (Å²) >= 11 is 0. The number of pyridine rings is 1. The number of nitrogens with one attached hydrogen (secondary N) is 2. The third kappa shape index (κ3) is 4.17. The van der Waals surface area contributed by atoms with Gasteiger partial charge in [-0.25, -0.2) is 13.1 Å². The minimum absolute atomic E-state index is 0.0371. The molecule has 2 N–H and O–H groups in total. The molecule has 2 rings (SSSR count). The number of sulfonamides is 1. The van der Waals surface area contributed by atoms with Gasteiger partial charge >= 0.3 is 0 Å². The number of nitrogens with zero attached hydrogens (tertiary/aromatic N) is 1. The van der Waals surface area contributed by atoms with Gasteiger partial charge < -0.3 is 5.32 Å². The SMILES string of the molecule is CCNc1ccncc1S(=O)(=O)NC(C)C1CCCCC1. The smallest absolute Gasteiger partial charge is 0.244 e. The van der Waals surface area contributed by atoms with E-state index in [4.69, 9.17) is 0 Å². The molecule has 0 amide bonds. The van der Waals surface area contributed by atoms with Crippen molar-refractivity contribution < 1.29 is 8.42 Å². The Bertz CT molecular complexity index is 554. The maximum absolute atomic E-state index is 12.6. The maximum atomic E-state index is 12.6. The highest BCUT2D eigenvalue weighted by atomic mass is 32.2. The second-order valence-electron chi connectivity index (χ2n) is 5.71. The molecule has 0 spiro atoms. The van der Waals surface area contributed by atoms with E-state index in [9.17, 15) is 8.42 Å². The van der Waals surface area contributed by atoms with Gasteiger partial charge in [0.1, 0.15) is 4.90 Å². The molecule has 21 heavy (non-hydrogen) atoms. The van der Waals surface area contributed by atoms with Crippen molar-refractivity contribution in [1.82, 2.24) is 9.71 Å². The lowest BCUT2D eigenvalue weighted by atomic mass is 9.85. The molecule has 1 fully saturated rings. The average molecular weight is 311 g/mol. The predicted octanol–water partition coefficient (Wildman–Crippen LogP) is 2.76. The molecule has 0 radical (unpaired) electrons. The van der Waals surface area contributed by atoms with Crippen LogP contribution in [0.5, 0.6) is 0 Å². The monoisotopic (exact) mass is 311 g/mol. The van der Waals surface area contributed by atoms with Gasteiger partial charge in [0.05, 0.1) is 5.69 Å². The van der Waals surface area contributed by atoms with E-state index in [0.29, 0.717) is 18.2 Å². The zero-order valence-electron chi connectivity index (χ0n) is 12.8. The van der Waals surface area contributed by atoms with Crippen LogP contribution in [0, 0.1) is 5.92 Å². The zero-order chi connectivity index (χ0) is 15.3. The Hall–Kier alpha value is -1.14. The van der Waals surface area contributed by atoms with Crippen molar-refractivity contribution in [2.75, 3.05) is 11.9 Å².